The molecule has 0 aliphatic carbocycles. The lowest BCUT2D eigenvalue weighted by atomic mass is 10.2. The van der Waals surface area contributed by atoms with Gasteiger partial charge in [-0.3, -0.25) is 0 Å². The Bertz CT molecular complexity index is 2450. The molecular formula is C54H80N10O6+8. The highest BCUT2D eigenvalue weighted by Gasteiger charge is 2.29. The van der Waals surface area contributed by atoms with E-state index in [9.17, 15) is 20.4 Å². The predicted octanol–water partition coefficient (Wildman–Crippen LogP) is 1.06. The van der Waals surface area contributed by atoms with Crippen LogP contribution in [0.25, 0.3) is 0 Å². The molecule has 0 saturated heterocycles. The number of hydrogen-bond donors (Lipinski definition) is 6. The van der Waals surface area contributed by atoms with Crippen molar-refractivity contribution in [2.45, 2.75) is 76.8 Å². The molecule has 6 atom stereocenters. The highest BCUT2D eigenvalue weighted by Crippen LogP contribution is 2.31. The summed E-state index contributed by atoms with van der Waals surface area (Å²) >= 11 is 0. The third-order valence-electron chi connectivity index (χ3n) is 13.0. The molecule has 0 fully saturated rings. The van der Waals surface area contributed by atoms with Crippen molar-refractivity contribution in [3.63, 3.8) is 0 Å². The van der Waals surface area contributed by atoms with Gasteiger partial charge in [-0.25, -0.2) is 9.80 Å². The van der Waals surface area contributed by atoms with Crippen LogP contribution in [0.1, 0.15) is 52.4 Å². The average Bonchev–Trinajstić information content (AvgIpc) is 4.19. The molecule has 4 aliphatic heterocycles. The van der Waals surface area contributed by atoms with Crippen LogP contribution in [0, 0.1) is 0 Å². The second kappa shape index (κ2) is 26.4. The molecule has 4 heterocycles. The SMILES string of the molecule is CCC(O)C[N+]1=CC[N+](CCCC[N+]2=C[N+](CC(O)CN(CC(O)C[N+]3=C[NH+](CCCC[NH+]4C=C[N+](CC(O)CC)=C4)C=C3)c3cccc(Oc4cccc(Oc5cccc(N(C)C)c5)c4)c3)=CC2)=C1. The van der Waals surface area contributed by atoms with Crippen molar-refractivity contribution in [2.24, 2.45) is 0 Å². The number of aliphatic hydroxyl groups excluding tert-OH is 4. The van der Waals surface area contributed by atoms with Crippen molar-refractivity contribution < 1.29 is 67.2 Å². The average molecular weight is 965 g/mol. The summed E-state index contributed by atoms with van der Waals surface area (Å²) in [6.07, 6.45) is 24.9. The first-order chi connectivity index (χ1) is 34.0. The van der Waals surface area contributed by atoms with Crippen LogP contribution in [-0.2, 0) is 0 Å². The summed E-state index contributed by atoms with van der Waals surface area (Å²) in [5.41, 5.74) is 1.88. The minimum atomic E-state index is -0.713. The van der Waals surface area contributed by atoms with Gasteiger partial charge in [-0.1, -0.05) is 32.0 Å². The first-order valence-electron chi connectivity index (χ1n) is 25.4. The van der Waals surface area contributed by atoms with Crippen molar-refractivity contribution in [3.05, 3.63) is 97.6 Å². The van der Waals surface area contributed by atoms with Crippen molar-refractivity contribution >= 4 is 49.2 Å². The van der Waals surface area contributed by atoms with Crippen molar-refractivity contribution in [1.29, 1.82) is 0 Å². The highest BCUT2D eigenvalue weighted by molar-refractivity contribution is 5.63. The minimum Gasteiger partial charge on any atom is -0.457 e. The molecule has 0 bridgehead atoms. The zero-order valence-corrected chi connectivity index (χ0v) is 41.9. The fraction of sp³-hybridized carbons (Fsp3) is 0.481. The van der Waals surface area contributed by atoms with Crippen LogP contribution in [0.5, 0.6) is 23.0 Å². The van der Waals surface area contributed by atoms with Gasteiger partial charge < -0.3 is 39.7 Å². The predicted molar refractivity (Wildman–Crippen MR) is 276 cm³/mol. The van der Waals surface area contributed by atoms with Gasteiger partial charge in [0, 0.05) is 69.4 Å². The summed E-state index contributed by atoms with van der Waals surface area (Å²) in [4.78, 5) is 6.64. The number of nitrogens with zero attached hydrogens (tertiary/aromatic N) is 8. The summed E-state index contributed by atoms with van der Waals surface area (Å²) in [6.45, 7) is 12.3. The maximum absolute atomic E-state index is 11.7. The Morgan fingerprint density at radius 2 is 0.971 bits per heavy atom. The Balaban J connectivity index is 0.941. The first kappa shape index (κ1) is 52.0. The fourth-order valence-electron chi connectivity index (χ4n) is 8.94. The third kappa shape index (κ3) is 16.6. The number of rotatable bonds is 30. The van der Waals surface area contributed by atoms with E-state index >= 15 is 0 Å². The lowest BCUT2D eigenvalue weighted by Crippen LogP contribution is -3.07. The van der Waals surface area contributed by atoms with E-state index in [1.165, 1.54) is 9.80 Å². The first-order valence-corrected chi connectivity index (χ1v) is 25.4. The molecule has 0 amide bonds. The summed E-state index contributed by atoms with van der Waals surface area (Å²) < 4.78 is 25.6. The number of benzene rings is 3. The zero-order chi connectivity index (χ0) is 49.2. The largest absolute Gasteiger partial charge is 0.457 e. The Hall–Kier alpha value is -5.88. The molecule has 0 spiro atoms. The maximum Gasteiger partial charge on any atom is 0.401 e. The number of anilines is 2. The van der Waals surface area contributed by atoms with Gasteiger partial charge in [0.2, 0.25) is 37.9 Å². The molecular weight excluding hydrogens is 885 g/mol. The van der Waals surface area contributed by atoms with Gasteiger partial charge in [-0.05, 0) is 49.2 Å². The molecule has 16 heteroatoms. The second-order valence-electron chi connectivity index (χ2n) is 19.2. The van der Waals surface area contributed by atoms with Crippen LogP contribution in [0.2, 0.25) is 0 Å². The number of unbranched alkanes of at least 4 members (excludes halogenated alkanes) is 2. The summed E-state index contributed by atoms with van der Waals surface area (Å²) in [6, 6.07) is 23.3. The lowest BCUT2D eigenvalue weighted by molar-refractivity contribution is -0.758. The minimum absolute atomic E-state index is 0.306. The number of nitrogens with one attached hydrogen (secondary N) is 2. The van der Waals surface area contributed by atoms with E-state index in [4.69, 9.17) is 9.47 Å². The summed E-state index contributed by atoms with van der Waals surface area (Å²) in [5.74, 6) is 2.65. The fourth-order valence-corrected chi connectivity index (χ4v) is 8.94. The topological polar surface area (TPSA) is 133 Å². The van der Waals surface area contributed by atoms with Crippen molar-refractivity contribution in [2.75, 3.05) is 102 Å². The maximum atomic E-state index is 11.7. The van der Waals surface area contributed by atoms with E-state index in [1.54, 1.807) is 0 Å². The smallest absolute Gasteiger partial charge is 0.401 e. The molecule has 3 aromatic rings. The normalized spacial score (nSPS) is 19.0. The molecule has 0 radical (unpaired) electrons. The molecule has 6 N–H and O–H groups in total. The molecule has 0 saturated carbocycles. The van der Waals surface area contributed by atoms with Gasteiger partial charge in [-0.15, -0.1) is 9.15 Å². The molecule has 374 valence electrons. The quantitative estimate of drug-likeness (QED) is 0.0433. The molecule has 70 heavy (non-hydrogen) atoms. The molecule has 0 aromatic heterocycles. The Morgan fingerprint density at radius 1 is 0.543 bits per heavy atom. The van der Waals surface area contributed by atoms with Gasteiger partial charge in [0.05, 0.1) is 26.2 Å². The van der Waals surface area contributed by atoms with Crippen LogP contribution >= 0.6 is 0 Å². The summed E-state index contributed by atoms with van der Waals surface area (Å²) in [7, 11) is 4.00. The van der Waals surface area contributed by atoms with Crippen molar-refractivity contribution in [3.8, 4) is 23.0 Å². The monoisotopic (exact) mass is 965 g/mol. The van der Waals surface area contributed by atoms with E-state index in [1.807, 2.05) is 112 Å². The van der Waals surface area contributed by atoms with Gasteiger partial charge in [0.15, 0.2) is 38.6 Å². The van der Waals surface area contributed by atoms with Crippen LogP contribution in [0.3, 0.4) is 0 Å². The van der Waals surface area contributed by atoms with Crippen LogP contribution in [0.4, 0.5) is 11.4 Å². The molecule has 3 aromatic carbocycles. The molecule has 4 aliphatic rings. The van der Waals surface area contributed by atoms with E-state index in [0.717, 1.165) is 94.9 Å². The van der Waals surface area contributed by atoms with Crippen molar-refractivity contribution in [1.82, 2.24) is 0 Å². The number of aliphatic hydroxyl groups is 4. The van der Waals surface area contributed by atoms with E-state index in [0.29, 0.717) is 56.5 Å². The summed E-state index contributed by atoms with van der Waals surface area (Å²) in [5, 5.41) is 43.4. The highest BCUT2D eigenvalue weighted by atomic mass is 16.5. The van der Waals surface area contributed by atoms with E-state index < -0.39 is 12.2 Å². The Labute approximate surface area is 414 Å². The zero-order valence-electron chi connectivity index (χ0n) is 41.9. The van der Waals surface area contributed by atoms with E-state index in [-0.39, 0.29) is 12.2 Å². The van der Waals surface area contributed by atoms with Crippen LogP contribution < -0.4 is 29.1 Å². The van der Waals surface area contributed by atoms with Crippen LogP contribution in [0.15, 0.2) is 97.6 Å². The molecule has 6 unspecified atom stereocenters. The number of quaternary nitrogens is 2. The molecule has 7 rings (SSSR count). The number of ether oxygens (including phenoxy) is 2. The second-order valence-corrected chi connectivity index (χ2v) is 19.2. The Morgan fingerprint density at radius 3 is 1.47 bits per heavy atom. The number of hydrogen-bond acceptors (Lipinski definition) is 8. The third-order valence-corrected chi connectivity index (χ3v) is 13.0. The van der Waals surface area contributed by atoms with Gasteiger partial charge in [-0.2, -0.15) is 18.3 Å². The standard InChI is InChI=1S/C54H78N10O6/c1-5-47(65)35-60-28-24-56(41-60)20-7-9-22-58-26-30-62(43-58)37-49(67)39-64(40-50(68)38-63-31-27-59(44-63)23-10-8-21-57-25-29-61(42-57)36-48(66)6-2)46-15-12-17-52(33-46)70-54-19-13-18-53(34-54)69-51-16-11-14-45(32-51)55(3)4/h11-19,24,26,28-34,41-44,47-50,65-68H,5-10,20-23,25,27,35-40H2,1-4H3/q+6/p+2. The Kier molecular flexibility index (Phi) is 19.6. The lowest BCUT2D eigenvalue weighted by Gasteiger charge is -2.28. The van der Waals surface area contributed by atoms with Gasteiger partial charge in [0.25, 0.3) is 0 Å². The molecule has 16 nitrogen and oxygen atoms in total. The number of β-amino-alcohol motifs (C(OH)–C–C–N with tert-alkyl or cyclic N) is 4. The van der Waals surface area contributed by atoms with Crippen LogP contribution in [-0.4, -0.2) is 203 Å². The van der Waals surface area contributed by atoms with Gasteiger partial charge >= 0.3 is 25.4 Å². The van der Waals surface area contributed by atoms with E-state index in [2.05, 4.69) is 88.7 Å². The van der Waals surface area contributed by atoms with Gasteiger partial charge in [0.1, 0.15) is 60.5 Å².